The number of hydrogen-bond acceptors (Lipinski definition) is 5. The van der Waals surface area contributed by atoms with Gasteiger partial charge in [-0.1, -0.05) is 62.4 Å². The lowest BCUT2D eigenvalue weighted by Crippen LogP contribution is -2.30. The van der Waals surface area contributed by atoms with Crippen LogP contribution in [0.4, 0.5) is 17.3 Å². The molecular formula is C21H24N4O. The molecule has 0 aliphatic rings. The van der Waals surface area contributed by atoms with Gasteiger partial charge in [0.15, 0.2) is 5.82 Å². The van der Waals surface area contributed by atoms with Crippen LogP contribution in [0.15, 0.2) is 66.7 Å². The van der Waals surface area contributed by atoms with E-state index in [1.807, 2.05) is 66.7 Å². The fraction of sp³-hybridized carbons (Fsp3) is 0.238. The van der Waals surface area contributed by atoms with Crippen molar-refractivity contribution in [3.05, 3.63) is 66.7 Å². The molecule has 1 atom stereocenters. The number of rotatable bonds is 7. The van der Waals surface area contributed by atoms with Crippen LogP contribution in [0, 0.1) is 5.92 Å². The van der Waals surface area contributed by atoms with Crippen LogP contribution < -0.4 is 10.6 Å². The van der Waals surface area contributed by atoms with E-state index in [1.54, 1.807) is 0 Å². The highest BCUT2D eigenvalue weighted by molar-refractivity contribution is 5.65. The van der Waals surface area contributed by atoms with Crippen molar-refractivity contribution < 1.29 is 5.11 Å². The molecule has 0 spiro atoms. The van der Waals surface area contributed by atoms with Crippen LogP contribution in [0.25, 0.3) is 11.4 Å². The summed E-state index contributed by atoms with van der Waals surface area (Å²) < 4.78 is 0. The molecule has 0 aliphatic carbocycles. The molecule has 2 aromatic carbocycles. The van der Waals surface area contributed by atoms with Crippen molar-refractivity contribution in [2.45, 2.75) is 19.9 Å². The van der Waals surface area contributed by atoms with Crippen LogP contribution in [0.5, 0.6) is 0 Å². The Bertz CT molecular complexity index is 822. The van der Waals surface area contributed by atoms with Crippen molar-refractivity contribution in [1.82, 2.24) is 9.97 Å². The molecule has 3 rings (SSSR count). The van der Waals surface area contributed by atoms with Gasteiger partial charge in [-0.3, -0.25) is 0 Å². The van der Waals surface area contributed by atoms with Gasteiger partial charge in [-0.05, 0) is 18.1 Å². The number of benzene rings is 2. The predicted molar refractivity (Wildman–Crippen MR) is 107 cm³/mol. The van der Waals surface area contributed by atoms with Gasteiger partial charge in [-0.2, -0.15) is 0 Å². The number of para-hydroxylation sites is 1. The van der Waals surface area contributed by atoms with E-state index in [-0.39, 0.29) is 18.6 Å². The summed E-state index contributed by atoms with van der Waals surface area (Å²) in [7, 11) is 0. The smallest absolute Gasteiger partial charge is 0.163 e. The molecule has 26 heavy (non-hydrogen) atoms. The third-order valence-electron chi connectivity index (χ3n) is 4.14. The second-order valence-corrected chi connectivity index (χ2v) is 6.50. The topological polar surface area (TPSA) is 70.1 Å². The average Bonchev–Trinajstić information content (AvgIpc) is 2.67. The van der Waals surface area contributed by atoms with Gasteiger partial charge >= 0.3 is 0 Å². The standard InChI is InChI=1S/C21H24N4O/c1-15(2)18(14-26)23-20-13-19(22-17-11-7-4-8-12-17)24-21(25-20)16-9-5-3-6-10-16/h3-13,15,18,26H,14H2,1-2H3,(H2,22,23,24,25). The van der Waals surface area contributed by atoms with Gasteiger partial charge in [0.1, 0.15) is 11.6 Å². The van der Waals surface area contributed by atoms with E-state index in [9.17, 15) is 5.11 Å². The van der Waals surface area contributed by atoms with Gasteiger partial charge in [0.25, 0.3) is 0 Å². The molecule has 5 heteroatoms. The highest BCUT2D eigenvalue weighted by atomic mass is 16.3. The maximum atomic E-state index is 9.63. The molecule has 1 unspecified atom stereocenters. The number of aliphatic hydroxyl groups is 1. The Hall–Kier alpha value is -2.92. The number of nitrogens with one attached hydrogen (secondary N) is 2. The minimum atomic E-state index is -0.0712. The average molecular weight is 348 g/mol. The summed E-state index contributed by atoms with van der Waals surface area (Å²) in [5.74, 6) is 2.30. The molecule has 0 radical (unpaired) electrons. The second kappa shape index (κ2) is 8.45. The first-order valence-electron chi connectivity index (χ1n) is 8.79. The molecule has 3 N–H and O–H groups in total. The summed E-state index contributed by atoms with van der Waals surface area (Å²) in [6, 6.07) is 21.6. The molecule has 0 aliphatic heterocycles. The summed E-state index contributed by atoms with van der Waals surface area (Å²) >= 11 is 0. The number of hydrogen-bond donors (Lipinski definition) is 3. The van der Waals surface area contributed by atoms with Crippen molar-refractivity contribution in [2.24, 2.45) is 5.92 Å². The van der Waals surface area contributed by atoms with Crippen molar-refractivity contribution in [1.29, 1.82) is 0 Å². The van der Waals surface area contributed by atoms with Gasteiger partial charge in [-0.25, -0.2) is 9.97 Å². The first-order chi connectivity index (χ1) is 12.7. The van der Waals surface area contributed by atoms with E-state index in [2.05, 4.69) is 34.4 Å². The van der Waals surface area contributed by atoms with E-state index < -0.39 is 0 Å². The summed E-state index contributed by atoms with van der Waals surface area (Å²) in [5, 5.41) is 16.3. The van der Waals surface area contributed by atoms with Crippen molar-refractivity contribution in [3.8, 4) is 11.4 Å². The molecule has 1 heterocycles. The molecule has 0 saturated carbocycles. The number of aliphatic hydroxyl groups excluding tert-OH is 1. The van der Waals surface area contributed by atoms with Gasteiger partial charge in [-0.15, -0.1) is 0 Å². The van der Waals surface area contributed by atoms with Gasteiger partial charge in [0.05, 0.1) is 12.6 Å². The summed E-state index contributed by atoms with van der Waals surface area (Å²) in [6.07, 6.45) is 0. The van der Waals surface area contributed by atoms with Crippen LogP contribution in [0.1, 0.15) is 13.8 Å². The Morgan fingerprint density at radius 1 is 0.885 bits per heavy atom. The fourth-order valence-electron chi connectivity index (χ4n) is 2.58. The molecule has 0 saturated heterocycles. The quantitative estimate of drug-likeness (QED) is 0.593. The van der Waals surface area contributed by atoms with Crippen LogP contribution in [0.2, 0.25) is 0 Å². The minimum Gasteiger partial charge on any atom is -0.394 e. The third kappa shape index (κ3) is 4.58. The summed E-state index contributed by atoms with van der Waals surface area (Å²) in [6.45, 7) is 4.18. The van der Waals surface area contributed by atoms with E-state index in [4.69, 9.17) is 0 Å². The lowest BCUT2D eigenvalue weighted by molar-refractivity contribution is 0.249. The zero-order chi connectivity index (χ0) is 18.4. The van der Waals surface area contributed by atoms with E-state index in [0.717, 1.165) is 11.3 Å². The van der Waals surface area contributed by atoms with Crippen LogP contribution in [-0.2, 0) is 0 Å². The molecule has 0 fully saturated rings. The Labute approximate surface area is 154 Å². The van der Waals surface area contributed by atoms with Crippen LogP contribution in [-0.4, -0.2) is 27.7 Å². The number of anilines is 3. The van der Waals surface area contributed by atoms with Gasteiger partial charge < -0.3 is 15.7 Å². The number of nitrogens with zero attached hydrogens (tertiary/aromatic N) is 2. The highest BCUT2D eigenvalue weighted by Gasteiger charge is 2.14. The SMILES string of the molecule is CC(C)C(CO)Nc1cc(Nc2ccccc2)nc(-c2ccccc2)n1. The Balaban J connectivity index is 1.96. The second-order valence-electron chi connectivity index (χ2n) is 6.50. The molecule has 134 valence electrons. The summed E-state index contributed by atoms with van der Waals surface area (Å²) in [5.41, 5.74) is 1.90. The predicted octanol–water partition coefficient (Wildman–Crippen LogP) is 4.32. The maximum Gasteiger partial charge on any atom is 0.163 e. The normalized spacial score (nSPS) is 12.0. The van der Waals surface area contributed by atoms with E-state index >= 15 is 0 Å². The maximum absolute atomic E-state index is 9.63. The van der Waals surface area contributed by atoms with Gasteiger partial charge in [0, 0.05) is 17.3 Å². The third-order valence-corrected chi connectivity index (χ3v) is 4.14. The highest BCUT2D eigenvalue weighted by Crippen LogP contribution is 2.23. The minimum absolute atomic E-state index is 0.0454. The lowest BCUT2D eigenvalue weighted by atomic mass is 10.1. The Morgan fingerprint density at radius 3 is 2.12 bits per heavy atom. The molecule has 3 aromatic rings. The fourth-order valence-corrected chi connectivity index (χ4v) is 2.58. The molecule has 0 bridgehead atoms. The summed E-state index contributed by atoms with van der Waals surface area (Å²) in [4.78, 5) is 9.29. The molecular weight excluding hydrogens is 324 g/mol. The monoisotopic (exact) mass is 348 g/mol. The molecule has 5 nitrogen and oxygen atoms in total. The number of aromatic nitrogens is 2. The van der Waals surface area contributed by atoms with Crippen molar-refractivity contribution in [2.75, 3.05) is 17.2 Å². The zero-order valence-electron chi connectivity index (χ0n) is 15.1. The molecule has 1 aromatic heterocycles. The van der Waals surface area contributed by atoms with Crippen molar-refractivity contribution in [3.63, 3.8) is 0 Å². The van der Waals surface area contributed by atoms with Gasteiger partial charge in [0.2, 0.25) is 0 Å². The molecule has 0 amide bonds. The first kappa shape index (κ1) is 17.9. The largest absolute Gasteiger partial charge is 0.394 e. The van der Waals surface area contributed by atoms with E-state index in [0.29, 0.717) is 17.5 Å². The Kier molecular flexibility index (Phi) is 5.81. The van der Waals surface area contributed by atoms with Crippen molar-refractivity contribution >= 4 is 17.3 Å². The lowest BCUT2D eigenvalue weighted by Gasteiger charge is -2.21. The zero-order valence-corrected chi connectivity index (χ0v) is 15.1. The first-order valence-corrected chi connectivity index (χ1v) is 8.79. The van der Waals surface area contributed by atoms with Crippen LogP contribution >= 0.6 is 0 Å². The van der Waals surface area contributed by atoms with E-state index in [1.165, 1.54) is 0 Å². The Morgan fingerprint density at radius 2 is 1.50 bits per heavy atom. The van der Waals surface area contributed by atoms with Crippen LogP contribution in [0.3, 0.4) is 0 Å².